The number of aromatic amines is 1. The number of thioether (sulfide) groups is 1. The molecule has 0 radical (unpaired) electrons. The van der Waals surface area contributed by atoms with Gasteiger partial charge in [0.15, 0.2) is 5.16 Å². The average molecular weight is 269 g/mol. The fraction of sp³-hybridized carbons (Fsp3) is 0.545. The van der Waals surface area contributed by atoms with Crippen molar-refractivity contribution in [1.29, 1.82) is 0 Å². The maximum Gasteiger partial charge on any atom is 0.344 e. The second-order valence-electron chi connectivity index (χ2n) is 4.03. The second-order valence-corrected chi connectivity index (χ2v) is 4.97. The molecule has 0 aromatic carbocycles. The van der Waals surface area contributed by atoms with E-state index < -0.39 is 5.97 Å². The highest BCUT2D eigenvalue weighted by atomic mass is 32.2. The summed E-state index contributed by atoms with van der Waals surface area (Å²) in [6.07, 6.45) is 2.01. The summed E-state index contributed by atoms with van der Waals surface area (Å²) in [5, 5.41) is 6.98. The zero-order valence-corrected chi connectivity index (χ0v) is 11.0. The predicted octanol–water partition coefficient (Wildman–Crippen LogP) is 1.12. The van der Waals surface area contributed by atoms with Gasteiger partial charge in [-0.3, -0.25) is 4.57 Å². The molecule has 98 valence electrons. The van der Waals surface area contributed by atoms with E-state index >= 15 is 0 Å². The summed E-state index contributed by atoms with van der Waals surface area (Å²) >= 11 is 1.32. The van der Waals surface area contributed by atoms with Crippen LogP contribution in [0.2, 0.25) is 0 Å². The largest absolute Gasteiger partial charge is 0.463 e. The molecule has 1 aromatic rings. The normalized spacial score (nSPS) is 14.5. The molecular weight excluding hydrogens is 254 g/mol. The molecule has 0 bridgehead atoms. The first-order valence-electron chi connectivity index (χ1n) is 5.78. The number of hydrogen-bond donors (Lipinski definition) is 1. The van der Waals surface area contributed by atoms with Crippen molar-refractivity contribution in [2.75, 3.05) is 12.4 Å². The summed E-state index contributed by atoms with van der Waals surface area (Å²) in [6, 6.07) is 0.259. The number of rotatable bonds is 6. The maximum atomic E-state index is 11.5. The number of esters is 1. The van der Waals surface area contributed by atoms with E-state index in [0.717, 1.165) is 12.8 Å². The van der Waals surface area contributed by atoms with Crippen LogP contribution in [-0.2, 0) is 9.53 Å². The number of nitrogens with one attached hydrogen (secondary N) is 1. The van der Waals surface area contributed by atoms with Crippen molar-refractivity contribution in [3.8, 4) is 0 Å². The number of carbonyl (C=O) groups excluding carboxylic acids is 1. The highest BCUT2D eigenvalue weighted by molar-refractivity contribution is 7.99. The van der Waals surface area contributed by atoms with Gasteiger partial charge in [0.05, 0.1) is 6.61 Å². The van der Waals surface area contributed by atoms with Crippen molar-refractivity contribution in [3.63, 3.8) is 0 Å². The van der Waals surface area contributed by atoms with Gasteiger partial charge in [0.25, 0.3) is 0 Å². The summed E-state index contributed by atoms with van der Waals surface area (Å²) in [6.45, 7) is 5.74. The fourth-order valence-electron chi connectivity index (χ4n) is 1.49. The van der Waals surface area contributed by atoms with Crippen LogP contribution in [0.4, 0.5) is 0 Å². The number of ether oxygens (including phenoxy) is 1. The molecule has 1 heterocycles. The van der Waals surface area contributed by atoms with Gasteiger partial charge >= 0.3 is 11.7 Å². The molecule has 1 aliphatic carbocycles. The number of carbonyl (C=O) groups is 1. The maximum absolute atomic E-state index is 11.5. The average Bonchev–Trinajstić information content (AvgIpc) is 3.11. The Bertz CT molecular complexity index is 516. The van der Waals surface area contributed by atoms with Crippen LogP contribution in [0.25, 0.3) is 0 Å². The Kier molecular flexibility index (Phi) is 3.90. The molecule has 2 rings (SSSR count). The molecule has 7 heteroatoms. The van der Waals surface area contributed by atoms with Crippen LogP contribution < -0.4 is 5.69 Å². The molecule has 0 spiro atoms. The van der Waals surface area contributed by atoms with Gasteiger partial charge in [-0.1, -0.05) is 18.3 Å². The van der Waals surface area contributed by atoms with E-state index in [1.807, 2.05) is 0 Å². The van der Waals surface area contributed by atoms with Gasteiger partial charge in [-0.15, -0.1) is 5.10 Å². The van der Waals surface area contributed by atoms with Crippen molar-refractivity contribution in [1.82, 2.24) is 14.8 Å². The van der Waals surface area contributed by atoms with E-state index in [-0.39, 0.29) is 11.7 Å². The fourth-order valence-corrected chi connectivity index (χ4v) is 2.39. The SMILES string of the molecule is C=C(CSc1n[nH]c(=O)n1C1CC1)C(=O)OCC. The van der Waals surface area contributed by atoms with Gasteiger partial charge in [0.1, 0.15) is 0 Å². The van der Waals surface area contributed by atoms with Crippen molar-refractivity contribution in [2.45, 2.75) is 31.0 Å². The van der Waals surface area contributed by atoms with Crippen LogP contribution in [-0.4, -0.2) is 33.1 Å². The Labute approximate surface area is 108 Å². The minimum absolute atomic E-state index is 0.193. The lowest BCUT2D eigenvalue weighted by atomic mass is 10.4. The second kappa shape index (κ2) is 5.43. The van der Waals surface area contributed by atoms with Crippen molar-refractivity contribution in [3.05, 3.63) is 22.6 Å². The van der Waals surface area contributed by atoms with Crippen molar-refractivity contribution < 1.29 is 9.53 Å². The molecule has 0 atom stereocenters. The minimum atomic E-state index is -0.402. The molecule has 0 saturated heterocycles. The number of hydrogen-bond acceptors (Lipinski definition) is 5. The molecule has 0 amide bonds. The number of nitrogens with zero attached hydrogens (tertiary/aromatic N) is 2. The van der Waals surface area contributed by atoms with Crippen molar-refractivity contribution >= 4 is 17.7 Å². The van der Waals surface area contributed by atoms with Crippen LogP contribution in [0.15, 0.2) is 22.1 Å². The van der Waals surface area contributed by atoms with Gasteiger partial charge in [0.2, 0.25) is 0 Å². The van der Waals surface area contributed by atoms with Crippen LogP contribution in [0.3, 0.4) is 0 Å². The summed E-state index contributed by atoms with van der Waals surface area (Å²) in [5.41, 5.74) is 0.182. The van der Waals surface area contributed by atoms with E-state index in [1.54, 1.807) is 11.5 Å². The summed E-state index contributed by atoms with van der Waals surface area (Å²) in [4.78, 5) is 22.9. The Balaban J connectivity index is 1.96. The third kappa shape index (κ3) is 2.84. The van der Waals surface area contributed by atoms with E-state index in [0.29, 0.717) is 23.1 Å². The van der Waals surface area contributed by atoms with Crippen LogP contribution in [0, 0.1) is 0 Å². The molecule has 18 heavy (non-hydrogen) atoms. The molecule has 0 unspecified atom stereocenters. The zero-order valence-electron chi connectivity index (χ0n) is 10.1. The Morgan fingerprint density at radius 1 is 1.67 bits per heavy atom. The van der Waals surface area contributed by atoms with Crippen molar-refractivity contribution in [2.24, 2.45) is 0 Å². The smallest absolute Gasteiger partial charge is 0.344 e. The lowest BCUT2D eigenvalue weighted by molar-refractivity contribution is -0.138. The van der Waals surface area contributed by atoms with Gasteiger partial charge in [-0.25, -0.2) is 14.7 Å². The quantitative estimate of drug-likeness (QED) is 0.475. The highest BCUT2D eigenvalue weighted by Crippen LogP contribution is 2.36. The van der Waals surface area contributed by atoms with Crippen LogP contribution in [0.5, 0.6) is 0 Å². The van der Waals surface area contributed by atoms with Gasteiger partial charge in [0, 0.05) is 17.4 Å². The molecule has 1 N–H and O–H groups in total. The molecular formula is C11H15N3O3S. The lowest BCUT2D eigenvalue weighted by Crippen LogP contribution is -2.16. The first-order chi connectivity index (χ1) is 8.63. The summed E-state index contributed by atoms with van der Waals surface area (Å²) in [7, 11) is 0. The highest BCUT2D eigenvalue weighted by Gasteiger charge is 2.28. The van der Waals surface area contributed by atoms with E-state index in [9.17, 15) is 9.59 Å². The third-order valence-corrected chi connectivity index (χ3v) is 3.56. The van der Waals surface area contributed by atoms with Gasteiger partial charge in [-0.2, -0.15) is 0 Å². The summed E-state index contributed by atoms with van der Waals surface area (Å²) < 4.78 is 6.48. The molecule has 0 aliphatic heterocycles. The van der Waals surface area contributed by atoms with E-state index in [4.69, 9.17) is 4.74 Å². The Morgan fingerprint density at radius 2 is 2.39 bits per heavy atom. The zero-order chi connectivity index (χ0) is 13.1. The lowest BCUT2D eigenvalue weighted by Gasteiger charge is -2.05. The van der Waals surface area contributed by atoms with Gasteiger partial charge < -0.3 is 4.74 Å². The third-order valence-electron chi connectivity index (χ3n) is 2.52. The Morgan fingerprint density at radius 3 is 3.00 bits per heavy atom. The predicted molar refractivity (Wildman–Crippen MR) is 67.6 cm³/mol. The number of H-pyrrole nitrogens is 1. The monoisotopic (exact) mass is 269 g/mol. The standard InChI is InChI=1S/C11H15N3O3S/c1-3-17-9(15)7(2)6-18-11-13-12-10(16)14(11)8-4-5-8/h8H,2-6H2,1H3,(H,12,16). The van der Waals surface area contributed by atoms with E-state index in [2.05, 4.69) is 16.8 Å². The van der Waals surface area contributed by atoms with Crippen LogP contribution >= 0.6 is 11.8 Å². The Hall–Kier alpha value is -1.50. The number of aromatic nitrogens is 3. The van der Waals surface area contributed by atoms with E-state index in [1.165, 1.54) is 11.8 Å². The van der Waals surface area contributed by atoms with Crippen LogP contribution in [0.1, 0.15) is 25.8 Å². The minimum Gasteiger partial charge on any atom is -0.463 e. The first-order valence-corrected chi connectivity index (χ1v) is 6.76. The molecule has 6 nitrogen and oxygen atoms in total. The molecule has 1 aliphatic rings. The summed E-state index contributed by atoms with van der Waals surface area (Å²) in [5.74, 6) is -0.0311. The topological polar surface area (TPSA) is 77.0 Å². The van der Waals surface area contributed by atoms with Gasteiger partial charge in [-0.05, 0) is 19.8 Å². The molecule has 1 saturated carbocycles. The molecule has 1 fully saturated rings. The molecule has 1 aromatic heterocycles. The first kappa shape index (κ1) is 12.9.